The van der Waals surface area contributed by atoms with E-state index in [1.54, 1.807) is 12.1 Å². The molecule has 1 amide bonds. The summed E-state index contributed by atoms with van der Waals surface area (Å²) in [5.74, 6) is -1.70. The van der Waals surface area contributed by atoms with Gasteiger partial charge in [0.1, 0.15) is 22.9 Å². The zero-order valence-corrected chi connectivity index (χ0v) is 10.6. The van der Waals surface area contributed by atoms with Crippen molar-refractivity contribution in [1.82, 2.24) is 4.98 Å². The molecule has 1 aromatic carbocycles. The number of aromatic nitrogens is 1. The van der Waals surface area contributed by atoms with Gasteiger partial charge in [-0.2, -0.15) is 0 Å². The third-order valence-electron chi connectivity index (χ3n) is 2.18. The quantitative estimate of drug-likeness (QED) is 0.896. The maximum absolute atomic E-state index is 13.4. The number of carbonyl (C=O) groups is 1. The molecule has 0 saturated carbocycles. The predicted molar refractivity (Wildman–Crippen MR) is 68.0 cm³/mol. The monoisotopic (exact) mass is 310 g/mol. The van der Waals surface area contributed by atoms with Gasteiger partial charge in [0.2, 0.25) is 0 Å². The first kappa shape index (κ1) is 12.5. The van der Waals surface area contributed by atoms with Crippen molar-refractivity contribution in [3.8, 4) is 5.75 Å². The van der Waals surface area contributed by atoms with Crippen LogP contribution in [0.15, 0.2) is 41.0 Å². The van der Waals surface area contributed by atoms with Crippen molar-refractivity contribution < 1.29 is 14.3 Å². The van der Waals surface area contributed by atoms with Gasteiger partial charge in [0.25, 0.3) is 5.91 Å². The molecule has 0 atom stereocenters. The van der Waals surface area contributed by atoms with Crippen LogP contribution >= 0.6 is 15.9 Å². The van der Waals surface area contributed by atoms with Crippen molar-refractivity contribution in [2.75, 3.05) is 5.32 Å². The van der Waals surface area contributed by atoms with E-state index in [1.807, 2.05) is 0 Å². The molecule has 1 heterocycles. The SMILES string of the molecule is O=C(Nc1cc(Br)ccn1)c1c(O)cccc1F. The Labute approximate surface area is 111 Å². The number of pyridine rings is 1. The van der Waals surface area contributed by atoms with E-state index in [0.717, 1.165) is 10.5 Å². The molecule has 4 nitrogen and oxygen atoms in total. The number of benzene rings is 1. The number of halogens is 2. The molecule has 0 unspecified atom stereocenters. The van der Waals surface area contributed by atoms with E-state index < -0.39 is 23.0 Å². The summed E-state index contributed by atoms with van der Waals surface area (Å²) in [6.45, 7) is 0. The number of nitrogens with one attached hydrogen (secondary N) is 1. The van der Waals surface area contributed by atoms with Crippen LogP contribution in [0.3, 0.4) is 0 Å². The van der Waals surface area contributed by atoms with Crippen LogP contribution in [0.5, 0.6) is 5.75 Å². The van der Waals surface area contributed by atoms with Crippen LogP contribution in [0, 0.1) is 5.82 Å². The molecule has 1 aromatic heterocycles. The van der Waals surface area contributed by atoms with Gasteiger partial charge in [-0.25, -0.2) is 9.37 Å². The molecule has 18 heavy (non-hydrogen) atoms. The maximum Gasteiger partial charge on any atom is 0.263 e. The normalized spacial score (nSPS) is 10.1. The van der Waals surface area contributed by atoms with Crippen molar-refractivity contribution in [2.45, 2.75) is 0 Å². The zero-order valence-electron chi connectivity index (χ0n) is 9.02. The van der Waals surface area contributed by atoms with Crippen LogP contribution < -0.4 is 5.32 Å². The molecule has 92 valence electrons. The number of hydrogen-bond donors (Lipinski definition) is 2. The van der Waals surface area contributed by atoms with Gasteiger partial charge in [-0.3, -0.25) is 4.79 Å². The number of rotatable bonds is 2. The Morgan fingerprint density at radius 1 is 1.39 bits per heavy atom. The Morgan fingerprint density at radius 3 is 2.83 bits per heavy atom. The molecular formula is C12H8BrFN2O2. The zero-order chi connectivity index (χ0) is 13.1. The predicted octanol–water partition coefficient (Wildman–Crippen LogP) is 2.94. The highest BCUT2D eigenvalue weighted by Gasteiger charge is 2.16. The van der Waals surface area contributed by atoms with E-state index >= 15 is 0 Å². The summed E-state index contributed by atoms with van der Waals surface area (Å²) in [4.78, 5) is 15.7. The average Bonchev–Trinajstić information content (AvgIpc) is 2.28. The first-order valence-corrected chi connectivity index (χ1v) is 5.77. The Hall–Kier alpha value is -1.95. The van der Waals surface area contributed by atoms with Gasteiger partial charge in [-0.15, -0.1) is 0 Å². The Morgan fingerprint density at radius 2 is 2.17 bits per heavy atom. The number of nitrogens with zero attached hydrogens (tertiary/aromatic N) is 1. The largest absolute Gasteiger partial charge is 0.507 e. The van der Waals surface area contributed by atoms with E-state index in [4.69, 9.17) is 0 Å². The molecular weight excluding hydrogens is 303 g/mol. The standard InChI is InChI=1S/C12H8BrFN2O2/c13-7-4-5-15-10(6-7)16-12(18)11-8(14)2-1-3-9(11)17/h1-6,17H,(H,15,16,18). The lowest BCUT2D eigenvalue weighted by Gasteiger charge is -2.07. The summed E-state index contributed by atoms with van der Waals surface area (Å²) in [6.07, 6.45) is 1.49. The van der Waals surface area contributed by atoms with Crippen LogP contribution in [-0.2, 0) is 0 Å². The summed E-state index contributed by atoms with van der Waals surface area (Å²) in [7, 11) is 0. The summed E-state index contributed by atoms with van der Waals surface area (Å²) in [5.41, 5.74) is -0.403. The number of phenols is 1. The van der Waals surface area contributed by atoms with Crippen LogP contribution in [0.4, 0.5) is 10.2 Å². The van der Waals surface area contributed by atoms with Gasteiger partial charge in [-0.05, 0) is 24.3 Å². The van der Waals surface area contributed by atoms with Crippen LogP contribution in [0.1, 0.15) is 10.4 Å². The van der Waals surface area contributed by atoms with Crippen LogP contribution in [0.25, 0.3) is 0 Å². The van der Waals surface area contributed by atoms with Gasteiger partial charge in [-0.1, -0.05) is 22.0 Å². The van der Waals surface area contributed by atoms with Gasteiger partial charge in [0.15, 0.2) is 0 Å². The second-order valence-corrected chi connectivity index (χ2v) is 4.36. The number of aromatic hydroxyl groups is 1. The van der Waals surface area contributed by atoms with Crippen LogP contribution in [0.2, 0.25) is 0 Å². The molecule has 2 rings (SSSR count). The van der Waals surface area contributed by atoms with E-state index in [1.165, 1.54) is 18.3 Å². The van der Waals surface area contributed by atoms with E-state index in [0.29, 0.717) is 0 Å². The summed E-state index contributed by atoms with van der Waals surface area (Å²) in [6, 6.07) is 6.92. The molecule has 0 aliphatic heterocycles. The van der Waals surface area contributed by atoms with Gasteiger partial charge < -0.3 is 10.4 Å². The lowest BCUT2D eigenvalue weighted by atomic mass is 10.1. The summed E-state index contributed by atoms with van der Waals surface area (Å²) >= 11 is 3.22. The molecule has 0 spiro atoms. The van der Waals surface area contributed by atoms with Crippen molar-refractivity contribution in [1.29, 1.82) is 0 Å². The Bertz CT molecular complexity index is 584. The summed E-state index contributed by atoms with van der Waals surface area (Å²) in [5, 5.41) is 11.9. The second-order valence-electron chi connectivity index (χ2n) is 3.45. The maximum atomic E-state index is 13.4. The number of hydrogen-bond acceptors (Lipinski definition) is 3. The molecule has 0 saturated heterocycles. The van der Waals surface area contributed by atoms with Crippen molar-refractivity contribution in [2.24, 2.45) is 0 Å². The Kier molecular flexibility index (Phi) is 3.57. The minimum atomic E-state index is -0.789. The second kappa shape index (κ2) is 5.14. The highest BCUT2D eigenvalue weighted by molar-refractivity contribution is 9.10. The highest BCUT2D eigenvalue weighted by atomic mass is 79.9. The third-order valence-corrected chi connectivity index (χ3v) is 2.68. The topological polar surface area (TPSA) is 62.2 Å². The number of anilines is 1. The fraction of sp³-hybridized carbons (Fsp3) is 0. The first-order valence-electron chi connectivity index (χ1n) is 4.98. The highest BCUT2D eigenvalue weighted by Crippen LogP contribution is 2.21. The molecule has 0 fully saturated rings. The van der Waals surface area contributed by atoms with Gasteiger partial charge in [0, 0.05) is 10.7 Å². The van der Waals surface area contributed by atoms with Gasteiger partial charge >= 0.3 is 0 Å². The number of amides is 1. The molecule has 0 aliphatic carbocycles. The van der Waals surface area contributed by atoms with Crippen LogP contribution in [-0.4, -0.2) is 16.0 Å². The Balaban J connectivity index is 2.28. The van der Waals surface area contributed by atoms with Crippen molar-refractivity contribution in [3.05, 3.63) is 52.4 Å². The molecule has 6 heteroatoms. The molecule has 2 N–H and O–H groups in total. The van der Waals surface area contributed by atoms with E-state index in [9.17, 15) is 14.3 Å². The lowest BCUT2D eigenvalue weighted by molar-refractivity contribution is 0.102. The van der Waals surface area contributed by atoms with Gasteiger partial charge in [0.05, 0.1) is 0 Å². The fourth-order valence-corrected chi connectivity index (χ4v) is 1.72. The molecule has 2 aromatic rings. The fourth-order valence-electron chi connectivity index (χ4n) is 1.39. The molecule has 0 bridgehead atoms. The average molecular weight is 311 g/mol. The number of phenolic OH excluding ortho intramolecular Hbond substituents is 1. The summed E-state index contributed by atoms with van der Waals surface area (Å²) < 4.78 is 14.2. The first-order chi connectivity index (χ1) is 8.58. The van der Waals surface area contributed by atoms with Crippen molar-refractivity contribution in [3.63, 3.8) is 0 Å². The smallest absolute Gasteiger partial charge is 0.263 e. The van der Waals surface area contributed by atoms with E-state index in [2.05, 4.69) is 26.2 Å². The minimum absolute atomic E-state index is 0.261. The van der Waals surface area contributed by atoms with Crippen molar-refractivity contribution >= 4 is 27.7 Å². The molecule has 0 aliphatic rings. The minimum Gasteiger partial charge on any atom is -0.507 e. The molecule has 0 radical (unpaired) electrons. The third kappa shape index (κ3) is 2.65. The van der Waals surface area contributed by atoms with E-state index in [-0.39, 0.29) is 5.82 Å². The number of carbonyl (C=O) groups excluding carboxylic acids is 1. The lowest BCUT2D eigenvalue weighted by Crippen LogP contribution is -2.14.